The van der Waals surface area contributed by atoms with Crippen molar-refractivity contribution in [2.75, 3.05) is 12.0 Å². The number of nitrogens with zero attached hydrogens (tertiary/aromatic N) is 3. The van der Waals surface area contributed by atoms with Crippen LogP contribution in [0.3, 0.4) is 0 Å². The minimum absolute atomic E-state index is 0.223. The van der Waals surface area contributed by atoms with Crippen LogP contribution in [-0.2, 0) is 4.79 Å². The third-order valence-corrected chi connectivity index (χ3v) is 4.43. The number of ether oxygens (including phenoxy) is 1. The third-order valence-electron chi connectivity index (χ3n) is 4.43. The van der Waals surface area contributed by atoms with Crippen LogP contribution in [-0.4, -0.2) is 33.4 Å². The summed E-state index contributed by atoms with van der Waals surface area (Å²) in [6.07, 6.45) is 1.48. The summed E-state index contributed by atoms with van der Waals surface area (Å²) in [7, 11) is 0. The number of hydrogen-bond donors (Lipinski definition) is 2. The number of nitrogens with one attached hydrogen (secondary N) is 1. The zero-order chi connectivity index (χ0) is 21.6. The van der Waals surface area contributed by atoms with Crippen molar-refractivity contribution in [2.24, 2.45) is 5.10 Å². The lowest BCUT2D eigenvalue weighted by Gasteiger charge is -2.12. The summed E-state index contributed by atoms with van der Waals surface area (Å²) >= 11 is 0. The van der Waals surface area contributed by atoms with E-state index in [1.54, 1.807) is 42.5 Å². The van der Waals surface area contributed by atoms with Gasteiger partial charge in [0.1, 0.15) is 5.75 Å². The van der Waals surface area contributed by atoms with E-state index in [9.17, 15) is 9.59 Å². The number of para-hydroxylation sites is 3. The number of aromatic nitrogens is 2. The lowest BCUT2D eigenvalue weighted by atomic mass is 10.2. The Morgan fingerprint density at radius 3 is 2.55 bits per heavy atom. The summed E-state index contributed by atoms with van der Waals surface area (Å²) < 4.78 is 6.73. The maximum atomic E-state index is 13.1. The van der Waals surface area contributed by atoms with Crippen LogP contribution in [0.1, 0.15) is 5.56 Å². The van der Waals surface area contributed by atoms with Crippen molar-refractivity contribution in [1.82, 2.24) is 9.55 Å². The van der Waals surface area contributed by atoms with E-state index in [1.807, 2.05) is 36.4 Å². The topological polar surface area (TPSA) is 106 Å². The molecule has 1 aromatic heterocycles. The maximum Gasteiger partial charge on any atom is 0.341 e. The second kappa shape index (κ2) is 8.91. The van der Waals surface area contributed by atoms with Crippen molar-refractivity contribution in [3.05, 3.63) is 94.8 Å². The number of carboxylic acid groups (broad SMARTS) is 1. The van der Waals surface area contributed by atoms with E-state index >= 15 is 0 Å². The molecule has 0 saturated heterocycles. The molecule has 0 fully saturated rings. The van der Waals surface area contributed by atoms with E-state index < -0.39 is 12.6 Å². The van der Waals surface area contributed by atoms with E-state index in [0.717, 1.165) is 0 Å². The van der Waals surface area contributed by atoms with Crippen molar-refractivity contribution >= 4 is 29.0 Å². The highest BCUT2D eigenvalue weighted by Crippen LogP contribution is 2.18. The third kappa shape index (κ3) is 4.43. The molecule has 3 aromatic carbocycles. The molecule has 0 unspecified atom stereocenters. The Balaban J connectivity index is 1.71. The van der Waals surface area contributed by atoms with Gasteiger partial charge in [-0.2, -0.15) is 5.10 Å². The summed E-state index contributed by atoms with van der Waals surface area (Å²) in [4.78, 5) is 28.5. The molecule has 1 heterocycles. The van der Waals surface area contributed by atoms with Gasteiger partial charge in [-0.3, -0.25) is 4.79 Å². The predicted molar refractivity (Wildman–Crippen MR) is 118 cm³/mol. The van der Waals surface area contributed by atoms with Crippen LogP contribution in [0.5, 0.6) is 5.75 Å². The number of anilines is 1. The highest BCUT2D eigenvalue weighted by molar-refractivity contribution is 5.84. The first kappa shape index (κ1) is 19.8. The summed E-state index contributed by atoms with van der Waals surface area (Å²) in [6.45, 7) is -0.460. The summed E-state index contributed by atoms with van der Waals surface area (Å²) in [6, 6.07) is 23.1. The standard InChI is InChI=1S/C23H18N4O4/c28-21(29)15-31-20-13-7-4-8-16(20)14-24-26-23-25-19-12-6-5-11-18(19)22(30)27(23)17-9-2-1-3-10-17/h1-14H,15H2,(H,25,26)(H,28,29). The molecule has 0 saturated carbocycles. The number of benzene rings is 3. The maximum absolute atomic E-state index is 13.1. The number of hydrogen-bond acceptors (Lipinski definition) is 6. The normalized spacial score (nSPS) is 11.0. The molecule has 0 amide bonds. The van der Waals surface area contributed by atoms with Gasteiger partial charge < -0.3 is 9.84 Å². The van der Waals surface area contributed by atoms with Crippen LogP contribution in [0.4, 0.5) is 5.95 Å². The molecule has 4 aromatic rings. The van der Waals surface area contributed by atoms with Crippen molar-refractivity contribution in [3.8, 4) is 11.4 Å². The van der Waals surface area contributed by atoms with Crippen molar-refractivity contribution in [3.63, 3.8) is 0 Å². The lowest BCUT2D eigenvalue weighted by molar-refractivity contribution is -0.139. The fourth-order valence-corrected chi connectivity index (χ4v) is 3.04. The first-order valence-corrected chi connectivity index (χ1v) is 9.43. The average Bonchev–Trinajstić information content (AvgIpc) is 2.79. The summed E-state index contributed by atoms with van der Waals surface area (Å²) in [5.74, 6) is -0.449. The summed E-state index contributed by atoms with van der Waals surface area (Å²) in [5, 5.41) is 13.5. The highest BCUT2D eigenvalue weighted by Gasteiger charge is 2.12. The van der Waals surface area contributed by atoms with Crippen LogP contribution >= 0.6 is 0 Å². The van der Waals surface area contributed by atoms with Gasteiger partial charge in [0, 0.05) is 5.56 Å². The number of hydrazone groups is 1. The number of fused-ring (bicyclic) bond motifs is 1. The minimum atomic E-state index is -1.07. The van der Waals surface area contributed by atoms with Crippen LogP contribution < -0.4 is 15.7 Å². The second-order valence-corrected chi connectivity index (χ2v) is 6.52. The first-order valence-electron chi connectivity index (χ1n) is 9.43. The number of carbonyl (C=O) groups is 1. The molecule has 0 aliphatic heterocycles. The molecule has 8 heteroatoms. The molecule has 0 spiro atoms. The van der Waals surface area contributed by atoms with Gasteiger partial charge in [-0.25, -0.2) is 19.8 Å². The monoisotopic (exact) mass is 414 g/mol. The van der Waals surface area contributed by atoms with Crippen molar-refractivity contribution in [2.45, 2.75) is 0 Å². The Hall–Kier alpha value is -4.46. The minimum Gasteiger partial charge on any atom is -0.481 e. The Morgan fingerprint density at radius 1 is 1.03 bits per heavy atom. The van der Waals surface area contributed by atoms with Gasteiger partial charge in [0.05, 0.1) is 22.8 Å². The molecule has 31 heavy (non-hydrogen) atoms. The van der Waals surface area contributed by atoms with Gasteiger partial charge >= 0.3 is 5.97 Å². The number of carboxylic acids is 1. The smallest absolute Gasteiger partial charge is 0.341 e. The Labute approximate surface area is 177 Å². The molecule has 4 rings (SSSR count). The van der Waals surface area contributed by atoms with E-state index in [1.165, 1.54) is 10.8 Å². The second-order valence-electron chi connectivity index (χ2n) is 6.52. The molecule has 0 atom stereocenters. The van der Waals surface area contributed by atoms with Crippen LogP contribution in [0.25, 0.3) is 16.6 Å². The molecule has 0 aliphatic carbocycles. The van der Waals surface area contributed by atoms with Crippen LogP contribution in [0.2, 0.25) is 0 Å². The van der Waals surface area contributed by atoms with Gasteiger partial charge in [-0.15, -0.1) is 0 Å². The zero-order valence-corrected chi connectivity index (χ0v) is 16.3. The molecule has 0 radical (unpaired) electrons. The van der Waals surface area contributed by atoms with Crippen molar-refractivity contribution in [1.29, 1.82) is 0 Å². The van der Waals surface area contributed by atoms with Gasteiger partial charge in [0.15, 0.2) is 6.61 Å². The van der Waals surface area contributed by atoms with Gasteiger partial charge in [0.25, 0.3) is 5.56 Å². The Bertz CT molecular complexity index is 1320. The molecule has 0 aliphatic rings. The number of rotatable bonds is 7. The van der Waals surface area contributed by atoms with E-state index in [4.69, 9.17) is 9.84 Å². The Kier molecular flexibility index (Phi) is 5.70. The Morgan fingerprint density at radius 2 is 1.74 bits per heavy atom. The van der Waals surface area contributed by atoms with Crippen molar-refractivity contribution < 1.29 is 14.6 Å². The lowest BCUT2D eigenvalue weighted by Crippen LogP contribution is -2.22. The molecular weight excluding hydrogens is 396 g/mol. The van der Waals surface area contributed by atoms with E-state index in [-0.39, 0.29) is 11.5 Å². The molecule has 154 valence electrons. The predicted octanol–water partition coefficient (Wildman–Crippen LogP) is 3.30. The van der Waals surface area contributed by atoms with E-state index in [0.29, 0.717) is 27.9 Å². The molecule has 2 N–H and O–H groups in total. The zero-order valence-electron chi connectivity index (χ0n) is 16.3. The first-order chi connectivity index (χ1) is 15.1. The number of aliphatic carboxylic acids is 1. The fourth-order valence-electron chi connectivity index (χ4n) is 3.04. The molecular formula is C23H18N4O4. The molecule has 8 nitrogen and oxygen atoms in total. The summed E-state index contributed by atoms with van der Waals surface area (Å²) in [5.41, 5.74) is 4.38. The average molecular weight is 414 g/mol. The SMILES string of the molecule is O=C(O)COc1ccccc1C=NNc1nc2ccccc2c(=O)n1-c1ccccc1. The van der Waals surface area contributed by atoms with Gasteiger partial charge in [-0.05, 0) is 36.4 Å². The highest BCUT2D eigenvalue weighted by atomic mass is 16.5. The van der Waals surface area contributed by atoms with E-state index in [2.05, 4.69) is 15.5 Å². The largest absolute Gasteiger partial charge is 0.481 e. The van der Waals surface area contributed by atoms with Gasteiger partial charge in [0.2, 0.25) is 5.95 Å². The quantitative estimate of drug-likeness (QED) is 0.355. The fraction of sp³-hybridized carbons (Fsp3) is 0.0435. The molecule has 0 bridgehead atoms. The van der Waals surface area contributed by atoms with Crippen LogP contribution in [0, 0.1) is 0 Å². The van der Waals surface area contributed by atoms with Gasteiger partial charge in [-0.1, -0.05) is 42.5 Å². The van der Waals surface area contributed by atoms with Crippen LogP contribution in [0.15, 0.2) is 88.8 Å².